The van der Waals surface area contributed by atoms with Crippen LogP contribution in [0.25, 0.3) is 0 Å². The van der Waals surface area contributed by atoms with Gasteiger partial charge < -0.3 is 0 Å². The molecule has 0 amide bonds. The quantitative estimate of drug-likeness (QED) is 0.328. The van der Waals surface area contributed by atoms with Gasteiger partial charge in [-0.1, -0.05) is 56.7 Å². The number of aldehydes is 1. The summed E-state index contributed by atoms with van der Waals surface area (Å²) >= 11 is 0. The Morgan fingerprint density at radius 3 is 2.55 bits per heavy atom. The minimum atomic E-state index is 0.289. The van der Waals surface area contributed by atoms with E-state index in [1.54, 1.807) is 6.08 Å². The summed E-state index contributed by atoms with van der Waals surface area (Å²) in [6.07, 6.45) is 17.9. The minimum absolute atomic E-state index is 0.289. The lowest BCUT2D eigenvalue weighted by Gasteiger charge is -2.33. The van der Waals surface area contributed by atoms with Crippen molar-refractivity contribution in [1.29, 1.82) is 0 Å². The number of carbonyl (C=O) groups excluding carboxylic acids is 1. The van der Waals surface area contributed by atoms with Gasteiger partial charge in [-0.3, -0.25) is 4.79 Å². The standard InChI is InChI=1S/C21H30O/c1-6-19(11-7-9-17(2)14-16-22)12-13-20-18(3)10-8-15-21(20,4)5/h7,9,11-14,16H,6,8,10,15H2,1-5H3. The van der Waals surface area contributed by atoms with E-state index in [4.69, 9.17) is 0 Å². The highest BCUT2D eigenvalue weighted by Crippen LogP contribution is 2.40. The van der Waals surface area contributed by atoms with Gasteiger partial charge in [0, 0.05) is 0 Å². The number of hydrogen-bond acceptors (Lipinski definition) is 1. The molecular formula is C21H30O. The molecule has 1 heteroatoms. The summed E-state index contributed by atoms with van der Waals surface area (Å²) in [7, 11) is 0. The Hall–Kier alpha value is -1.63. The number of hydrogen-bond donors (Lipinski definition) is 0. The largest absolute Gasteiger partial charge is 0.299 e. The molecule has 0 aromatic rings. The average molecular weight is 298 g/mol. The van der Waals surface area contributed by atoms with Crippen LogP contribution in [-0.2, 0) is 4.79 Å². The van der Waals surface area contributed by atoms with Gasteiger partial charge in [0.2, 0.25) is 0 Å². The van der Waals surface area contributed by atoms with E-state index in [1.165, 1.54) is 36.0 Å². The zero-order valence-electron chi connectivity index (χ0n) is 14.8. The van der Waals surface area contributed by atoms with Crippen molar-refractivity contribution in [2.75, 3.05) is 0 Å². The van der Waals surface area contributed by atoms with Crippen LogP contribution in [0, 0.1) is 5.41 Å². The van der Waals surface area contributed by atoms with Crippen molar-refractivity contribution in [1.82, 2.24) is 0 Å². The monoisotopic (exact) mass is 298 g/mol. The van der Waals surface area contributed by atoms with Crippen molar-refractivity contribution in [3.8, 4) is 0 Å². The third-order valence-electron chi connectivity index (χ3n) is 4.42. The molecular weight excluding hydrogens is 268 g/mol. The van der Waals surface area contributed by atoms with Crippen LogP contribution >= 0.6 is 0 Å². The first kappa shape index (κ1) is 18.4. The first-order valence-corrected chi connectivity index (χ1v) is 8.28. The van der Waals surface area contributed by atoms with Gasteiger partial charge in [-0.15, -0.1) is 0 Å². The molecule has 0 unspecified atom stereocenters. The molecule has 0 heterocycles. The molecule has 0 aromatic carbocycles. The minimum Gasteiger partial charge on any atom is -0.299 e. The Labute approximate surface area is 136 Å². The molecule has 0 radical (unpaired) electrons. The lowest BCUT2D eigenvalue weighted by Crippen LogP contribution is -2.19. The van der Waals surface area contributed by atoms with Gasteiger partial charge in [-0.25, -0.2) is 0 Å². The van der Waals surface area contributed by atoms with Gasteiger partial charge in [0.05, 0.1) is 0 Å². The van der Waals surface area contributed by atoms with Gasteiger partial charge >= 0.3 is 0 Å². The van der Waals surface area contributed by atoms with Gasteiger partial charge in [0.15, 0.2) is 0 Å². The summed E-state index contributed by atoms with van der Waals surface area (Å²) in [5.41, 5.74) is 5.59. The first-order valence-electron chi connectivity index (χ1n) is 8.28. The van der Waals surface area contributed by atoms with Crippen molar-refractivity contribution >= 4 is 6.29 Å². The van der Waals surface area contributed by atoms with E-state index >= 15 is 0 Å². The second-order valence-corrected chi connectivity index (χ2v) is 6.77. The number of allylic oxidation sites excluding steroid dienone is 10. The summed E-state index contributed by atoms with van der Waals surface area (Å²) in [5.74, 6) is 0. The smallest absolute Gasteiger partial charge is 0.143 e. The summed E-state index contributed by atoms with van der Waals surface area (Å²) in [6.45, 7) is 11.1. The average Bonchev–Trinajstić information content (AvgIpc) is 2.44. The maximum Gasteiger partial charge on any atom is 0.143 e. The van der Waals surface area contributed by atoms with E-state index in [2.05, 4.69) is 45.9 Å². The fraction of sp³-hybridized carbons (Fsp3) is 0.476. The molecule has 1 nitrogen and oxygen atoms in total. The third kappa shape index (κ3) is 5.63. The number of rotatable bonds is 6. The molecule has 0 spiro atoms. The van der Waals surface area contributed by atoms with Crippen LogP contribution < -0.4 is 0 Å². The summed E-state index contributed by atoms with van der Waals surface area (Å²) in [6, 6.07) is 0. The maximum absolute atomic E-state index is 10.4. The second kappa shape index (κ2) is 8.73. The summed E-state index contributed by atoms with van der Waals surface area (Å²) in [5, 5.41) is 0. The van der Waals surface area contributed by atoms with Crippen molar-refractivity contribution in [2.24, 2.45) is 5.41 Å². The van der Waals surface area contributed by atoms with Crippen LogP contribution in [0.5, 0.6) is 0 Å². The van der Waals surface area contributed by atoms with Gasteiger partial charge in [0.25, 0.3) is 0 Å². The molecule has 0 bridgehead atoms. The Balaban J connectivity index is 2.89. The van der Waals surface area contributed by atoms with Crippen molar-refractivity contribution in [3.05, 3.63) is 58.7 Å². The molecule has 0 aliphatic heterocycles. The highest BCUT2D eigenvalue weighted by molar-refractivity contribution is 5.66. The lowest BCUT2D eigenvalue weighted by molar-refractivity contribution is -0.104. The van der Waals surface area contributed by atoms with Crippen molar-refractivity contribution < 1.29 is 4.79 Å². The number of carbonyl (C=O) groups is 1. The van der Waals surface area contributed by atoms with Crippen LogP contribution in [-0.4, -0.2) is 6.29 Å². The SMILES string of the molecule is CCC(C=CC1=C(C)CCCC1(C)C)=CC=CC(C)=CC=O. The van der Waals surface area contributed by atoms with Gasteiger partial charge in [-0.2, -0.15) is 0 Å². The molecule has 0 aromatic heterocycles. The van der Waals surface area contributed by atoms with E-state index in [0.717, 1.165) is 18.3 Å². The molecule has 22 heavy (non-hydrogen) atoms. The van der Waals surface area contributed by atoms with Crippen LogP contribution in [0.1, 0.15) is 60.3 Å². The highest BCUT2D eigenvalue weighted by atomic mass is 16.1. The van der Waals surface area contributed by atoms with Crippen molar-refractivity contribution in [3.63, 3.8) is 0 Å². The summed E-state index contributed by atoms with van der Waals surface area (Å²) < 4.78 is 0. The topological polar surface area (TPSA) is 17.1 Å². The van der Waals surface area contributed by atoms with Crippen LogP contribution in [0.3, 0.4) is 0 Å². The summed E-state index contributed by atoms with van der Waals surface area (Å²) in [4.78, 5) is 10.4. The van der Waals surface area contributed by atoms with Gasteiger partial charge in [0.1, 0.15) is 6.29 Å². The first-order chi connectivity index (χ1) is 10.4. The predicted octanol–water partition coefficient (Wildman–Crippen LogP) is 6.11. The molecule has 120 valence electrons. The van der Waals surface area contributed by atoms with Gasteiger partial charge in [-0.05, 0) is 67.7 Å². The predicted molar refractivity (Wildman–Crippen MR) is 96.8 cm³/mol. The molecule has 1 aliphatic carbocycles. The van der Waals surface area contributed by atoms with E-state index in [0.29, 0.717) is 0 Å². The van der Waals surface area contributed by atoms with E-state index in [9.17, 15) is 4.79 Å². The Kier molecular flexibility index (Phi) is 7.31. The zero-order valence-corrected chi connectivity index (χ0v) is 14.8. The lowest BCUT2D eigenvalue weighted by atomic mass is 9.72. The van der Waals surface area contributed by atoms with E-state index in [-0.39, 0.29) is 5.41 Å². The molecule has 0 N–H and O–H groups in total. The molecule has 1 aliphatic rings. The molecule has 1 rings (SSSR count). The molecule has 0 atom stereocenters. The second-order valence-electron chi connectivity index (χ2n) is 6.77. The van der Waals surface area contributed by atoms with Crippen molar-refractivity contribution in [2.45, 2.75) is 60.3 Å². The third-order valence-corrected chi connectivity index (χ3v) is 4.42. The highest BCUT2D eigenvalue weighted by Gasteiger charge is 2.26. The fourth-order valence-corrected chi connectivity index (χ4v) is 2.98. The normalized spacial score (nSPS) is 20.2. The molecule has 0 fully saturated rings. The molecule has 0 saturated heterocycles. The molecule has 0 saturated carbocycles. The Bertz CT molecular complexity index is 536. The van der Waals surface area contributed by atoms with Crippen LogP contribution in [0.4, 0.5) is 0 Å². The van der Waals surface area contributed by atoms with Crippen LogP contribution in [0.2, 0.25) is 0 Å². The zero-order chi connectivity index (χ0) is 16.6. The maximum atomic E-state index is 10.4. The Morgan fingerprint density at radius 1 is 1.23 bits per heavy atom. The van der Waals surface area contributed by atoms with E-state index < -0.39 is 0 Å². The Morgan fingerprint density at radius 2 is 1.95 bits per heavy atom. The fourth-order valence-electron chi connectivity index (χ4n) is 2.98. The van der Waals surface area contributed by atoms with E-state index in [1.807, 2.05) is 19.1 Å². The van der Waals surface area contributed by atoms with Crippen LogP contribution in [0.15, 0.2) is 58.7 Å².